The van der Waals surface area contributed by atoms with Gasteiger partial charge in [-0.15, -0.1) is 0 Å². The third-order valence-corrected chi connectivity index (χ3v) is 5.81. The fraction of sp³-hybridized carbons (Fsp3) is 0.792. The summed E-state index contributed by atoms with van der Waals surface area (Å²) in [5, 5.41) is 11.3. The first kappa shape index (κ1) is 25.8. The molecule has 2 unspecified atom stereocenters. The number of hydrogen-bond donors (Lipinski definition) is 1. The van der Waals surface area contributed by atoms with E-state index in [0.29, 0.717) is 37.7 Å². The molecule has 33 heavy (non-hydrogen) atoms. The second-order valence-corrected chi connectivity index (χ2v) is 10.7. The summed E-state index contributed by atoms with van der Waals surface area (Å²) in [4.78, 5) is 23.2. The lowest BCUT2D eigenvalue weighted by Gasteiger charge is -2.35. The molecular formula is C24H39N3O6. The van der Waals surface area contributed by atoms with Crippen LogP contribution in [-0.2, 0) is 24.5 Å². The van der Waals surface area contributed by atoms with Crippen molar-refractivity contribution in [2.45, 2.75) is 90.3 Å². The Kier molecular flexibility index (Phi) is 7.68. The van der Waals surface area contributed by atoms with Gasteiger partial charge in [-0.2, -0.15) is 0 Å². The molecule has 9 heteroatoms. The summed E-state index contributed by atoms with van der Waals surface area (Å²) in [6, 6.07) is 0. The molecule has 3 rings (SSSR count). The van der Waals surface area contributed by atoms with Gasteiger partial charge in [-0.05, 0) is 61.3 Å². The summed E-state index contributed by atoms with van der Waals surface area (Å²) in [5.74, 6) is 0.154. The van der Waals surface area contributed by atoms with Crippen molar-refractivity contribution in [3.63, 3.8) is 0 Å². The Bertz CT molecular complexity index is 828. The molecule has 1 aromatic heterocycles. The lowest BCUT2D eigenvalue weighted by atomic mass is 9.86. The van der Waals surface area contributed by atoms with Crippen LogP contribution in [0.4, 0.5) is 4.79 Å². The number of ether oxygens (including phenoxy) is 4. The summed E-state index contributed by atoms with van der Waals surface area (Å²) in [7, 11) is 0. The van der Waals surface area contributed by atoms with Gasteiger partial charge < -0.3 is 29.0 Å². The van der Waals surface area contributed by atoms with Crippen LogP contribution in [0.25, 0.3) is 0 Å². The molecule has 0 aromatic carbocycles. The van der Waals surface area contributed by atoms with Gasteiger partial charge in [0.15, 0.2) is 5.79 Å². The number of rotatable bonds is 6. The summed E-state index contributed by atoms with van der Waals surface area (Å²) in [5.41, 5.74) is -0.302. The lowest BCUT2D eigenvalue weighted by Crippen LogP contribution is -2.42. The van der Waals surface area contributed by atoms with Crippen LogP contribution in [0.5, 0.6) is 0 Å². The molecule has 2 aliphatic heterocycles. The van der Waals surface area contributed by atoms with Crippen molar-refractivity contribution in [1.82, 2.24) is 14.9 Å². The van der Waals surface area contributed by atoms with Gasteiger partial charge in [0.2, 0.25) is 0 Å². The normalized spacial score (nSPS) is 23.4. The summed E-state index contributed by atoms with van der Waals surface area (Å²) in [6.07, 6.45) is 2.71. The molecule has 0 bridgehead atoms. The number of aliphatic hydroxyl groups is 1. The zero-order valence-electron chi connectivity index (χ0n) is 21.0. The van der Waals surface area contributed by atoms with Gasteiger partial charge in [-0.25, -0.2) is 14.8 Å². The number of likely N-dealkylation sites (tertiary alicyclic amines) is 1. The number of piperidine rings is 1. The van der Waals surface area contributed by atoms with E-state index in [1.54, 1.807) is 18.0 Å². The van der Waals surface area contributed by atoms with Crippen LogP contribution in [-0.4, -0.2) is 76.5 Å². The molecule has 2 atom stereocenters. The highest BCUT2D eigenvalue weighted by molar-refractivity contribution is 5.68. The van der Waals surface area contributed by atoms with Crippen LogP contribution in [0.1, 0.15) is 77.4 Å². The highest BCUT2D eigenvalue weighted by atomic mass is 16.7. The van der Waals surface area contributed by atoms with Gasteiger partial charge in [0, 0.05) is 30.8 Å². The van der Waals surface area contributed by atoms with Gasteiger partial charge >= 0.3 is 6.09 Å². The molecule has 0 aliphatic carbocycles. The molecule has 1 aromatic rings. The SMILES string of the molecule is Cc1ncc(C(C)(O)COCC2COC(C)(C)O2)c(C2CCN(C(=O)OC(C)(C)C)CC2)n1. The van der Waals surface area contributed by atoms with Crippen LogP contribution in [0.2, 0.25) is 0 Å². The minimum atomic E-state index is -1.26. The summed E-state index contributed by atoms with van der Waals surface area (Å²) in [6.45, 7) is 14.9. The van der Waals surface area contributed by atoms with E-state index < -0.39 is 17.0 Å². The highest BCUT2D eigenvalue weighted by Crippen LogP contribution is 2.34. The Morgan fingerprint density at radius 2 is 1.94 bits per heavy atom. The predicted octanol–water partition coefficient (Wildman–Crippen LogP) is 3.28. The van der Waals surface area contributed by atoms with Crippen molar-refractivity contribution in [2.24, 2.45) is 0 Å². The second-order valence-electron chi connectivity index (χ2n) is 10.7. The molecule has 2 fully saturated rings. The zero-order valence-corrected chi connectivity index (χ0v) is 21.0. The van der Waals surface area contributed by atoms with Crippen LogP contribution in [0.15, 0.2) is 6.20 Å². The predicted molar refractivity (Wildman–Crippen MR) is 122 cm³/mol. The fourth-order valence-corrected chi connectivity index (χ4v) is 4.19. The number of amides is 1. The van der Waals surface area contributed by atoms with Crippen molar-refractivity contribution in [3.05, 3.63) is 23.3 Å². The van der Waals surface area contributed by atoms with Crippen LogP contribution >= 0.6 is 0 Å². The molecule has 186 valence electrons. The van der Waals surface area contributed by atoms with Gasteiger partial charge in [0.1, 0.15) is 23.1 Å². The number of carbonyl (C=O) groups is 1. The van der Waals surface area contributed by atoms with Gasteiger partial charge in [0.05, 0.1) is 25.5 Å². The fourth-order valence-electron chi connectivity index (χ4n) is 4.19. The van der Waals surface area contributed by atoms with E-state index in [9.17, 15) is 9.90 Å². The lowest BCUT2D eigenvalue weighted by molar-refractivity contribution is -0.148. The maximum atomic E-state index is 12.4. The second kappa shape index (κ2) is 9.82. The van der Waals surface area contributed by atoms with Crippen LogP contribution < -0.4 is 0 Å². The quantitative estimate of drug-likeness (QED) is 0.683. The maximum absolute atomic E-state index is 12.4. The standard InChI is InChI=1S/C24H39N3O6/c1-16-25-12-19(24(7,29)15-30-13-18-14-31-23(5,6)32-18)20(26-16)17-8-10-27(11-9-17)21(28)33-22(2,3)4/h12,17-18,29H,8-11,13-15H2,1-7H3. The van der Waals surface area contributed by atoms with E-state index in [1.165, 1.54) is 0 Å². The monoisotopic (exact) mass is 465 g/mol. The Morgan fingerprint density at radius 3 is 2.52 bits per heavy atom. The zero-order chi connectivity index (χ0) is 24.4. The van der Waals surface area contributed by atoms with Crippen molar-refractivity contribution >= 4 is 6.09 Å². The largest absolute Gasteiger partial charge is 0.444 e. The molecule has 2 aliphatic rings. The van der Waals surface area contributed by atoms with E-state index in [0.717, 1.165) is 18.5 Å². The Labute approximate surface area is 196 Å². The minimum Gasteiger partial charge on any atom is -0.444 e. The van der Waals surface area contributed by atoms with Crippen LogP contribution in [0, 0.1) is 6.92 Å². The average Bonchev–Trinajstić information content (AvgIpc) is 3.05. The van der Waals surface area contributed by atoms with Gasteiger partial charge in [-0.1, -0.05) is 0 Å². The molecule has 3 heterocycles. The molecule has 0 saturated carbocycles. The number of hydrogen-bond acceptors (Lipinski definition) is 8. The van der Waals surface area contributed by atoms with Gasteiger partial charge in [-0.3, -0.25) is 0 Å². The molecule has 1 N–H and O–H groups in total. The highest BCUT2D eigenvalue weighted by Gasteiger charge is 2.36. The van der Waals surface area contributed by atoms with Crippen molar-refractivity contribution in [2.75, 3.05) is 32.9 Å². The molecule has 0 spiro atoms. The third kappa shape index (κ3) is 7.09. The smallest absolute Gasteiger partial charge is 0.410 e. The molecule has 9 nitrogen and oxygen atoms in total. The van der Waals surface area contributed by atoms with E-state index in [-0.39, 0.29) is 24.7 Å². The van der Waals surface area contributed by atoms with Crippen molar-refractivity contribution < 1.29 is 28.8 Å². The third-order valence-electron chi connectivity index (χ3n) is 5.81. The number of nitrogens with zero attached hydrogens (tertiary/aromatic N) is 3. The molecular weight excluding hydrogens is 426 g/mol. The molecule has 2 saturated heterocycles. The van der Waals surface area contributed by atoms with E-state index >= 15 is 0 Å². The first-order chi connectivity index (χ1) is 15.3. The van der Waals surface area contributed by atoms with E-state index in [2.05, 4.69) is 4.98 Å². The Morgan fingerprint density at radius 1 is 1.27 bits per heavy atom. The summed E-state index contributed by atoms with van der Waals surface area (Å²) >= 11 is 0. The number of carbonyl (C=O) groups excluding carboxylic acids is 1. The first-order valence-corrected chi connectivity index (χ1v) is 11.7. The molecule has 0 radical (unpaired) electrons. The van der Waals surface area contributed by atoms with Crippen LogP contribution in [0.3, 0.4) is 0 Å². The van der Waals surface area contributed by atoms with Crippen molar-refractivity contribution in [1.29, 1.82) is 0 Å². The Balaban J connectivity index is 1.63. The van der Waals surface area contributed by atoms with Crippen molar-refractivity contribution in [3.8, 4) is 0 Å². The van der Waals surface area contributed by atoms with E-state index in [1.807, 2.05) is 41.5 Å². The average molecular weight is 466 g/mol. The van der Waals surface area contributed by atoms with E-state index in [4.69, 9.17) is 23.9 Å². The minimum absolute atomic E-state index is 0.0868. The maximum Gasteiger partial charge on any atom is 0.410 e. The first-order valence-electron chi connectivity index (χ1n) is 11.7. The summed E-state index contributed by atoms with van der Waals surface area (Å²) < 4.78 is 22.6. The topological polar surface area (TPSA) is 103 Å². The van der Waals surface area contributed by atoms with Gasteiger partial charge in [0.25, 0.3) is 0 Å². The Hall–Kier alpha value is -1.81. The number of aryl methyl sites for hydroxylation is 1. The molecule has 1 amide bonds. The number of aromatic nitrogens is 2.